The van der Waals surface area contributed by atoms with E-state index in [0.717, 1.165) is 5.56 Å². The Hall–Kier alpha value is -3.16. The summed E-state index contributed by atoms with van der Waals surface area (Å²) in [5, 5.41) is 19.9. The molecule has 0 bridgehead atoms. The van der Waals surface area contributed by atoms with Crippen LogP contribution in [0, 0.1) is 6.92 Å². The Morgan fingerprint density at radius 3 is 2.88 bits per heavy atom. The van der Waals surface area contributed by atoms with Gasteiger partial charge in [0.25, 0.3) is 5.56 Å². The summed E-state index contributed by atoms with van der Waals surface area (Å²) in [6.45, 7) is 1.70. The highest BCUT2D eigenvalue weighted by atomic mass is 16.5. The van der Waals surface area contributed by atoms with Gasteiger partial charge in [0, 0.05) is 17.7 Å². The van der Waals surface area contributed by atoms with Gasteiger partial charge >= 0.3 is 5.97 Å². The van der Waals surface area contributed by atoms with Crippen molar-refractivity contribution >= 4 is 11.6 Å². The van der Waals surface area contributed by atoms with Gasteiger partial charge in [0.1, 0.15) is 11.4 Å². The van der Waals surface area contributed by atoms with Crippen molar-refractivity contribution in [2.75, 3.05) is 7.11 Å². The van der Waals surface area contributed by atoms with Crippen molar-refractivity contribution in [1.82, 2.24) is 19.8 Å². The van der Waals surface area contributed by atoms with Crippen LogP contribution in [0.1, 0.15) is 22.5 Å². The van der Waals surface area contributed by atoms with E-state index >= 15 is 0 Å². The Kier molecular flexibility index (Phi) is 4.03. The molecule has 0 aliphatic rings. The fraction of sp³-hybridized carbons (Fsp3) is 0.250. The molecule has 0 atom stereocenters. The van der Waals surface area contributed by atoms with Gasteiger partial charge in [0.05, 0.1) is 13.5 Å². The van der Waals surface area contributed by atoms with Gasteiger partial charge in [-0.05, 0) is 24.6 Å². The van der Waals surface area contributed by atoms with Gasteiger partial charge in [-0.2, -0.15) is 4.52 Å². The number of carboxylic acids is 1. The minimum absolute atomic E-state index is 0.220. The zero-order chi connectivity index (χ0) is 17.3. The molecular formula is C16H16N4O4. The van der Waals surface area contributed by atoms with E-state index in [1.807, 2.05) is 24.3 Å². The summed E-state index contributed by atoms with van der Waals surface area (Å²) in [5.41, 5.74) is 2.08. The van der Waals surface area contributed by atoms with Crippen LogP contribution >= 0.6 is 0 Å². The lowest BCUT2D eigenvalue weighted by Gasteiger charge is -2.04. The standard InChI is InChI=1S/C16H16N4O4/c1-9-12(8-14(21)22)15-18-17-13(16(23)20(15)19-9)7-10-4-3-5-11(6-10)24-2/h3-6,19H,7-8H2,1-2H3,(H,21,22). The van der Waals surface area contributed by atoms with Crippen LogP contribution in [0.25, 0.3) is 5.65 Å². The number of nitrogens with one attached hydrogen (secondary N) is 1. The molecule has 3 aromatic rings. The first-order chi connectivity index (χ1) is 11.5. The van der Waals surface area contributed by atoms with Gasteiger partial charge in [0.2, 0.25) is 0 Å². The van der Waals surface area contributed by atoms with Crippen LogP contribution in [0.2, 0.25) is 0 Å². The third-order valence-electron chi connectivity index (χ3n) is 3.76. The minimum Gasteiger partial charge on any atom is -0.497 e. The van der Waals surface area contributed by atoms with Crippen LogP contribution in [0.4, 0.5) is 0 Å². The molecule has 0 radical (unpaired) electrons. The Morgan fingerprint density at radius 2 is 2.17 bits per heavy atom. The summed E-state index contributed by atoms with van der Waals surface area (Å²) >= 11 is 0. The molecule has 0 fully saturated rings. The van der Waals surface area contributed by atoms with E-state index in [1.165, 1.54) is 4.52 Å². The molecule has 24 heavy (non-hydrogen) atoms. The normalized spacial score (nSPS) is 10.9. The summed E-state index contributed by atoms with van der Waals surface area (Å²) in [6, 6.07) is 7.35. The highest BCUT2D eigenvalue weighted by molar-refractivity contribution is 5.73. The van der Waals surface area contributed by atoms with Crippen molar-refractivity contribution < 1.29 is 14.6 Å². The summed E-state index contributed by atoms with van der Waals surface area (Å²) in [7, 11) is 1.57. The molecule has 1 aromatic carbocycles. The number of aliphatic carboxylic acids is 1. The molecule has 3 rings (SSSR count). The summed E-state index contributed by atoms with van der Waals surface area (Å²) in [6.07, 6.45) is 0.0838. The van der Waals surface area contributed by atoms with E-state index in [1.54, 1.807) is 14.0 Å². The Morgan fingerprint density at radius 1 is 1.38 bits per heavy atom. The smallest absolute Gasteiger partial charge is 0.308 e. The number of nitrogens with zero attached hydrogens (tertiary/aromatic N) is 3. The molecule has 2 aromatic heterocycles. The van der Waals surface area contributed by atoms with Crippen LogP contribution in [0.3, 0.4) is 0 Å². The molecule has 0 amide bonds. The quantitative estimate of drug-likeness (QED) is 0.722. The van der Waals surface area contributed by atoms with Gasteiger partial charge in [-0.3, -0.25) is 14.7 Å². The van der Waals surface area contributed by atoms with Crippen LogP contribution in [0.5, 0.6) is 5.75 Å². The summed E-state index contributed by atoms with van der Waals surface area (Å²) in [4.78, 5) is 23.5. The van der Waals surface area contributed by atoms with Crippen LogP contribution in [-0.2, 0) is 17.6 Å². The molecule has 0 unspecified atom stereocenters. The minimum atomic E-state index is -0.991. The molecule has 8 nitrogen and oxygen atoms in total. The first-order valence-electron chi connectivity index (χ1n) is 7.30. The second-order valence-electron chi connectivity index (χ2n) is 5.43. The average Bonchev–Trinajstić information content (AvgIpc) is 2.87. The molecule has 0 aliphatic heterocycles. The molecule has 2 heterocycles. The number of carboxylic acid groups (broad SMARTS) is 1. The number of hydrogen-bond donors (Lipinski definition) is 2. The van der Waals surface area contributed by atoms with Crippen molar-refractivity contribution in [2.24, 2.45) is 0 Å². The van der Waals surface area contributed by atoms with Gasteiger partial charge in [-0.25, -0.2) is 0 Å². The van der Waals surface area contributed by atoms with Gasteiger partial charge in [-0.1, -0.05) is 12.1 Å². The maximum Gasteiger partial charge on any atom is 0.308 e. The number of carbonyl (C=O) groups is 1. The molecule has 2 N–H and O–H groups in total. The molecule has 0 aliphatic carbocycles. The van der Waals surface area contributed by atoms with E-state index < -0.39 is 5.97 Å². The maximum absolute atomic E-state index is 12.6. The highest BCUT2D eigenvalue weighted by Gasteiger charge is 2.17. The van der Waals surface area contributed by atoms with Crippen LogP contribution in [0.15, 0.2) is 29.1 Å². The van der Waals surface area contributed by atoms with Crippen LogP contribution in [-0.4, -0.2) is 38.0 Å². The first kappa shape index (κ1) is 15.7. The number of benzene rings is 1. The zero-order valence-corrected chi connectivity index (χ0v) is 13.2. The molecule has 0 spiro atoms. The number of ether oxygens (including phenoxy) is 1. The number of hydrogen-bond acceptors (Lipinski definition) is 5. The topological polar surface area (TPSA) is 110 Å². The monoisotopic (exact) mass is 328 g/mol. The fourth-order valence-corrected chi connectivity index (χ4v) is 2.57. The van der Waals surface area contributed by atoms with Crippen LogP contribution < -0.4 is 10.3 Å². The zero-order valence-electron chi connectivity index (χ0n) is 13.2. The Balaban J connectivity index is 2.03. The van der Waals surface area contributed by atoms with E-state index in [2.05, 4.69) is 15.3 Å². The predicted octanol–water partition coefficient (Wildman–Crippen LogP) is 0.953. The molecule has 0 saturated heterocycles. The van der Waals surface area contributed by atoms with Gasteiger partial charge in [0.15, 0.2) is 5.65 Å². The molecule has 124 valence electrons. The van der Waals surface area contributed by atoms with E-state index in [-0.39, 0.29) is 23.3 Å². The molecule has 0 saturated carbocycles. The lowest BCUT2D eigenvalue weighted by Crippen LogP contribution is -2.22. The van der Waals surface area contributed by atoms with Crippen molar-refractivity contribution in [3.63, 3.8) is 0 Å². The number of H-pyrrole nitrogens is 1. The number of fused-ring (bicyclic) bond motifs is 1. The largest absolute Gasteiger partial charge is 0.497 e. The Bertz CT molecular complexity index is 974. The van der Waals surface area contributed by atoms with E-state index in [0.29, 0.717) is 23.4 Å². The first-order valence-corrected chi connectivity index (χ1v) is 7.30. The van der Waals surface area contributed by atoms with E-state index in [4.69, 9.17) is 9.84 Å². The SMILES string of the molecule is COc1cccc(Cc2nnc3c(CC(=O)O)c(C)[nH]n3c2=O)c1. The van der Waals surface area contributed by atoms with Crippen molar-refractivity contribution in [3.8, 4) is 5.75 Å². The summed E-state index contributed by atoms with van der Waals surface area (Å²) < 4.78 is 6.41. The predicted molar refractivity (Wildman–Crippen MR) is 85.5 cm³/mol. The van der Waals surface area contributed by atoms with Gasteiger partial charge < -0.3 is 9.84 Å². The maximum atomic E-state index is 12.6. The molecule has 8 heteroatoms. The Labute approximate surface area is 136 Å². The fourth-order valence-electron chi connectivity index (χ4n) is 2.57. The number of aryl methyl sites for hydroxylation is 1. The van der Waals surface area contributed by atoms with Crippen molar-refractivity contribution in [2.45, 2.75) is 19.8 Å². The number of aromatic amines is 1. The second-order valence-corrected chi connectivity index (χ2v) is 5.43. The highest BCUT2D eigenvalue weighted by Crippen LogP contribution is 2.15. The molecular weight excluding hydrogens is 312 g/mol. The van der Waals surface area contributed by atoms with Crippen molar-refractivity contribution in [1.29, 1.82) is 0 Å². The lowest BCUT2D eigenvalue weighted by molar-refractivity contribution is -0.136. The third kappa shape index (κ3) is 2.85. The lowest BCUT2D eigenvalue weighted by atomic mass is 10.1. The average molecular weight is 328 g/mol. The number of methoxy groups -OCH3 is 1. The number of rotatable bonds is 5. The van der Waals surface area contributed by atoms with Crippen molar-refractivity contribution in [3.05, 3.63) is 57.1 Å². The van der Waals surface area contributed by atoms with Gasteiger partial charge in [-0.15, -0.1) is 10.2 Å². The third-order valence-corrected chi connectivity index (χ3v) is 3.76. The van der Waals surface area contributed by atoms with E-state index in [9.17, 15) is 9.59 Å². The number of aromatic nitrogens is 4. The second kappa shape index (κ2) is 6.15. The summed E-state index contributed by atoms with van der Waals surface area (Å²) in [5.74, 6) is -0.296.